The lowest BCUT2D eigenvalue weighted by atomic mass is 9.90. The molecule has 2 nitrogen and oxygen atoms in total. The molecule has 19 heavy (non-hydrogen) atoms. The van der Waals surface area contributed by atoms with Gasteiger partial charge in [0.05, 0.1) is 0 Å². The van der Waals surface area contributed by atoms with Gasteiger partial charge < -0.3 is 0 Å². The lowest BCUT2D eigenvalue weighted by molar-refractivity contribution is 0.368. The lowest BCUT2D eigenvalue weighted by Gasteiger charge is -2.17. The van der Waals surface area contributed by atoms with E-state index in [0.717, 1.165) is 30.5 Å². The molecule has 1 aromatic carbocycles. The third-order valence-corrected chi connectivity index (χ3v) is 3.08. The number of nitrogens with one attached hydrogen (secondary N) is 1. The summed E-state index contributed by atoms with van der Waals surface area (Å²) < 4.78 is 0. The first kappa shape index (κ1) is 15.6. The van der Waals surface area contributed by atoms with E-state index in [9.17, 15) is 0 Å². The maximum Gasteiger partial charge on any atom is 0.120 e. The van der Waals surface area contributed by atoms with E-state index in [1.165, 1.54) is 5.56 Å². The molecule has 0 aliphatic carbocycles. The van der Waals surface area contributed by atoms with E-state index < -0.39 is 0 Å². The number of benzene rings is 1. The van der Waals surface area contributed by atoms with E-state index in [1.54, 1.807) is 0 Å². The number of amidine groups is 1. The highest BCUT2D eigenvalue weighted by molar-refractivity contribution is 6.05. The first-order valence-electron chi connectivity index (χ1n) is 6.98. The molecule has 0 saturated carbocycles. The van der Waals surface area contributed by atoms with E-state index in [0.29, 0.717) is 11.3 Å². The van der Waals surface area contributed by atoms with Gasteiger partial charge in [0.15, 0.2) is 0 Å². The predicted molar refractivity (Wildman–Crippen MR) is 84.4 cm³/mol. The molecule has 0 spiro atoms. The van der Waals surface area contributed by atoms with Crippen LogP contribution in [0.2, 0.25) is 0 Å². The molecule has 0 aromatic heterocycles. The van der Waals surface area contributed by atoms with Crippen LogP contribution in [0, 0.1) is 17.7 Å². The fourth-order valence-electron chi connectivity index (χ4n) is 1.98. The van der Waals surface area contributed by atoms with Gasteiger partial charge in [-0.25, -0.2) is 4.99 Å². The molecule has 1 aromatic rings. The second kappa shape index (κ2) is 6.65. The van der Waals surface area contributed by atoms with Gasteiger partial charge in [-0.2, -0.15) is 0 Å². The van der Waals surface area contributed by atoms with E-state index >= 15 is 0 Å². The highest BCUT2D eigenvalue weighted by Gasteiger charge is 2.10. The summed E-state index contributed by atoms with van der Waals surface area (Å²) in [6.45, 7) is 10.8. The van der Waals surface area contributed by atoms with Crippen LogP contribution in [0.1, 0.15) is 58.1 Å². The normalized spacial score (nSPS) is 12.6. The highest BCUT2D eigenvalue weighted by Crippen LogP contribution is 2.21. The van der Waals surface area contributed by atoms with Crippen molar-refractivity contribution in [2.45, 2.75) is 53.9 Å². The van der Waals surface area contributed by atoms with Crippen LogP contribution in [0.4, 0.5) is 0 Å². The second-order valence-corrected chi connectivity index (χ2v) is 6.43. The summed E-state index contributed by atoms with van der Waals surface area (Å²) in [5.74, 6) is 0.489. The number of nitrogens with zero attached hydrogens (tertiary/aromatic N) is 1. The van der Waals surface area contributed by atoms with E-state index in [2.05, 4.69) is 44.8 Å². The highest BCUT2D eigenvalue weighted by atomic mass is 14.8. The summed E-state index contributed by atoms with van der Waals surface area (Å²) in [4.78, 5) is 4.41. The first-order valence-corrected chi connectivity index (χ1v) is 6.98. The molecule has 0 radical (unpaired) electrons. The first-order chi connectivity index (χ1) is 8.78. The van der Waals surface area contributed by atoms with Gasteiger partial charge in [-0.15, -0.1) is 0 Å². The predicted octanol–water partition coefficient (Wildman–Crippen LogP) is 5.00. The number of aryl methyl sites for hydroxylation is 1. The molecule has 0 aliphatic rings. The third kappa shape index (κ3) is 6.32. The maximum atomic E-state index is 7.94. The third-order valence-electron chi connectivity index (χ3n) is 3.08. The Morgan fingerprint density at radius 2 is 1.95 bits per heavy atom. The van der Waals surface area contributed by atoms with Crippen LogP contribution in [0.3, 0.4) is 0 Å². The summed E-state index contributed by atoms with van der Waals surface area (Å²) >= 11 is 0. The van der Waals surface area contributed by atoms with Gasteiger partial charge in [0.25, 0.3) is 0 Å². The molecule has 104 valence electrons. The molecule has 1 N–H and O–H groups in total. The van der Waals surface area contributed by atoms with Crippen LogP contribution in [-0.4, -0.2) is 11.5 Å². The minimum Gasteiger partial charge on any atom is -0.287 e. The molecule has 0 heterocycles. The van der Waals surface area contributed by atoms with Gasteiger partial charge >= 0.3 is 0 Å². The monoisotopic (exact) mass is 258 g/mol. The molecule has 1 rings (SSSR count). The number of rotatable bonds is 4. The van der Waals surface area contributed by atoms with E-state index in [1.807, 2.05) is 19.1 Å². The number of hydrogen-bond acceptors (Lipinski definition) is 1. The second-order valence-electron chi connectivity index (χ2n) is 6.43. The van der Waals surface area contributed by atoms with Crippen molar-refractivity contribution < 1.29 is 0 Å². The Balaban J connectivity index is 2.57. The van der Waals surface area contributed by atoms with Crippen LogP contribution in [-0.2, 0) is 0 Å². The standard InChI is InChI=1S/C17H26N2/c1-13-8-6-9-15(12-13)14(2)19-16(18)10-7-11-17(3,4)5/h6,8-9,12,18H,7,10-11H2,1-5H3. The molecule has 2 heteroatoms. The molecule has 0 bridgehead atoms. The van der Waals surface area contributed by atoms with E-state index in [-0.39, 0.29) is 0 Å². The van der Waals surface area contributed by atoms with Gasteiger partial charge in [0.1, 0.15) is 5.84 Å². The minimum absolute atomic E-state index is 0.343. The largest absolute Gasteiger partial charge is 0.287 e. The smallest absolute Gasteiger partial charge is 0.120 e. The molecule has 0 atom stereocenters. The zero-order chi connectivity index (χ0) is 14.5. The van der Waals surface area contributed by atoms with Crippen LogP contribution < -0.4 is 0 Å². The summed E-state index contributed by atoms with van der Waals surface area (Å²) in [5, 5.41) is 7.94. The molecule has 0 aliphatic heterocycles. The van der Waals surface area contributed by atoms with E-state index in [4.69, 9.17) is 5.41 Å². The van der Waals surface area contributed by atoms with Gasteiger partial charge in [-0.05, 0) is 37.7 Å². The molecular formula is C17H26N2. The van der Waals surface area contributed by atoms with Crippen molar-refractivity contribution in [2.24, 2.45) is 10.4 Å². The number of aliphatic imine (C=N–C) groups is 1. The summed E-state index contributed by atoms with van der Waals surface area (Å²) in [6, 6.07) is 8.27. The fourth-order valence-corrected chi connectivity index (χ4v) is 1.98. The molecule has 0 saturated heterocycles. The van der Waals surface area contributed by atoms with Crippen molar-refractivity contribution >= 4 is 11.5 Å². The zero-order valence-electron chi connectivity index (χ0n) is 12.9. The molecule has 0 unspecified atom stereocenters. The zero-order valence-corrected chi connectivity index (χ0v) is 12.9. The summed E-state index contributed by atoms with van der Waals surface area (Å²) in [6.07, 6.45) is 2.93. The topological polar surface area (TPSA) is 36.2 Å². The number of hydrogen-bond donors (Lipinski definition) is 1. The summed E-state index contributed by atoms with van der Waals surface area (Å²) in [7, 11) is 0. The van der Waals surface area contributed by atoms with Crippen molar-refractivity contribution in [1.29, 1.82) is 5.41 Å². The molecular weight excluding hydrogens is 232 g/mol. The van der Waals surface area contributed by atoms with Gasteiger partial charge in [0.2, 0.25) is 0 Å². The van der Waals surface area contributed by atoms with Crippen molar-refractivity contribution in [3.05, 3.63) is 35.4 Å². The van der Waals surface area contributed by atoms with Crippen LogP contribution in [0.15, 0.2) is 29.3 Å². The van der Waals surface area contributed by atoms with Crippen molar-refractivity contribution in [2.75, 3.05) is 0 Å². The average molecular weight is 258 g/mol. The van der Waals surface area contributed by atoms with Crippen LogP contribution in [0.5, 0.6) is 0 Å². The maximum absolute atomic E-state index is 7.94. The van der Waals surface area contributed by atoms with Gasteiger partial charge in [0, 0.05) is 12.1 Å². The SMILES string of the molecule is CC(=NC(=N)CCCC(C)(C)C)c1cccc(C)c1. The Hall–Kier alpha value is -1.44. The molecule has 0 fully saturated rings. The quantitative estimate of drug-likeness (QED) is 0.583. The van der Waals surface area contributed by atoms with Crippen molar-refractivity contribution in [3.63, 3.8) is 0 Å². The van der Waals surface area contributed by atoms with Crippen LogP contribution >= 0.6 is 0 Å². The fraction of sp³-hybridized carbons (Fsp3) is 0.529. The van der Waals surface area contributed by atoms with Gasteiger partial charge in [-0.3, -0.25) is 5.41 Å². The van der Waals surface area contributed by atoms with Gasteiger partial charge in [-0.1, -0.05) is 50.6 Å². The summed E-state index contributed by atoms with van der Waals surface area (Å²) in [5.41, 5.74) is 3.62. The Kier molecular flexibility index (Phi) is 5.46. The Morgan fingerprint density at radius 1 is 1.26 bits per heavy atom. The lowest BCUT2D eigenvalue weighted by Crippen LogP contribution is -2.06. The Morgan fingerprint density at radius 3 is 2.53 bits per heavy atom. The Bertz CT molecular complexity index is 464. The Labute approximate surface area is 117 Å². The minimum atomic E-state index is 0.343. The van der Waals surface area contributed by atoms with Crippen LogP contribution in [0.25, 0.3) is 0 Å². The average Bonchev–Trinajstić information content (AvgIpc) is 2.27. The van der Waals surface area contributed by atoms with Crippen molar-refractivity contribution in [3.8, 4) is 0 Å². The molecule has 0 amide bonds. The van der Waals surface area contributed by atoms with Crippen molar-refractivity contribution in [1.82, 2.24) is 0 Å².